The number of aromatic amines is 1. The number of rotatable bonds is 1. The first-order valence-corrected chi connectivity index (χ1v) is 5.22. The van der Waals surface area contributed by atoms with Crippen LogP contribution >= 0.6 is 18.5 Å². The summed E-state index contributed by atoms with van der Waals surface area (Å²) in [6, 6.07) is 10.4. The predicted octanol–water partition coefficient (Wildman–Crippen LogP) is 1.68. The van der Waals surface area contributed by atoms with E-state index in [4.69, 9.17) is 0 Å². The average molecular weight is 207 g/mol. The van der Waals surface area contributed by atoms with Crippen molar-refractivity contribution >= 4 is 29.2 Å². The second-order valence-corrected chi connectivity index (χ2v) is 4.05. The Morgan fingerprint density at radius 3 is 2.23 bits per heavy atom. The third-order valence-corrected chi connectivity index (χ3v) is 3.47. The maximum Gasteiger partial charge on any atom is 0.0399 e. The normalized spacial score (nSPS) is 10.3. The van der Waals surface area contributed by atoms with Crippen LogP contribution in [0.5, 0.6) is 0 Å². The van der Waals surface area contributed by atoms with Crippen LogP contribution in [-0.4, -0.2) is 4.98 Å². The van der Waals surface area contributed by atoms with Gasteiger partial charge in [-0.25, -0.2) is 0 Å². The highest BCUT2D eigenvalue weighted by molar-refractivity contribution is 7.36. The van der Waals surface area contributed by atoms with Crippen molar-refractivity contribution in [3.8, 4) is 11.1 Å². The van der Waals surface area contributed by atoms with Crippen LogP contribution in [0.4, 0.5) is 0 Å². The Morgan fingerprint density at radius 2 is 1.69 bits per heavy atom. The summed E-state index contributed by atoms with van der Waals surface area (Å²) < 4.78 is 0. The molecule has 1 N–H and O–H groups in total. The molecule has 0 saturated heterocycles. The fraction of sp³-hybridized carbons (Fsp3) is 0. The average Bonchev–Trinajstić information content (AvgIpc) is 2.49. The zero-order chi connectivity index (χ0) is 9.26. The van der Waals surface area contributed by atoms with Crippen molar-refractivity contribution in [1.29, 1.82) is 0 Å². The predicted molar refractivity (Wildman–Crippen MR) is 64.9 cm³/mol. The minimum atomic E-state index is 1.13. The van der Waals surface area contributed by atoms with Gasteiger partial charge in [0.25, 0.3) is 0 Å². The van der Waals surface area contributed by atoms with Crippen LogP contribution in [0.25, 0.3) is 11.1 Å². The zero-order valence-electron chi connectivity index (χ0n) is 7.12. The second-order valence-electron chi connectivity index (χ2n) is 2.90. The van der Waals surface area contributed by atoms with Crippen LogP contribution in [0.15, 0.2) is 36.5 Å². The van der Waals surface area contributed by atoms with Crippen molar-refractivity contribution in [3.63, 3.8) is 0 Å². The number of hydrogen-bond acceptors (Lipinski definition) is 0. The topological polar surface area (TPSA) is 15.8 Å². The summed E-state index contributed by atoms with van der Waals surface area (Å²) in [6.07, 6.45) is 2.03. The summed E-state index contributed by atoms with van der Waals surface area (Å²) in [5.41, 5.74) is 3.62. The maximum absolute atomic E-state index is 3.18. The highest BCUT2D eigenvalue weighted by Gasteiger charge is 2.04. The van der Waals surface area contributed by atoms with Crippen molar-refractivity contribution in [2.75, 3.05) is 0 Å². The quantitative estimate of drug-likeness (QED) is 0.685. The molecule has 2 unspecified atom stereocenters. The van der Waals surface area contributed by atoms with E-state index in [1.165, 1.54) is 16.4 Å². The van der Waals surface area contributed by atoms with Crippen molar-refractivity contribution in [3.05, 3.63) is 36.5 Å². The van der Waals surface area contributed by atoms with Crippen LogP contribution in [0, 0.1) is 0 Å². The van der Waals surface area contributed by atoms with Gasteiger partial charge in [-0.3, -0.25) is 0 Å². The molecule has 3 heteroatoms. The molecular formula is C10H11NP2. The molecule has 1 nitrogen and oxygen atoms in total. The van der Waals surface area contributed by atoms with Gasteiger partial charge in [-0.05, 0) is 5.56 Å². The molecule has 13 heavy (non-hydrogen) atoms. The van der Waals surface area contributed by atoms with Crippen molar-refractivity contribution in [2.24, 2.45) is 0 Å². The first-order chi connectivity index (χ1) is 6.29. The van der Waals surface area contributed by atoms with E-state index < -0.39 is 0 Å². The Morgan fingerprint density at radius 1 is 1.00 bits per heavy atom. The first kappa shape index (κ1) is 8.94. The molecule has 0 fully saturated rings. The van der Waals surface area contributed by atoms with Gasteiger partial charge in [-0.1, -0.05) is 39.6 Å². The van der Waals surface area contributed by atoms with Crippen LogP contribution in [0.2, 0.25) is 0 Å². The summed E-state index contributed by atoms with van der Waals surface area (Å²) in [5, 5.41) is 1.22. The Balaban J connectivity index is 2.53. The van der Waals surface area contributed by atoms with Crippen LogP contribution in [-0.2, 0) is 0 Å². The Bertz CT molecular complexity index is 406. The van der Waals surface area contributed by atoms with Gasteiger partial charge < -0.3 is 4.98 Å². The lowest BCUT2D eigenvalue weighted by Crippen LogP contribution is -2.08. The van der Waals surface area contributed by atoms with Crippen LogP contribution in [0.1, 0.15) is 0 Å². The molecule has 0 saturated carbocycles. The maximum atomic E-state index is 3.18. The van der Waals surface area contributed by atoms with E-state index in [1.54, 1.807) is 0 Å². The third-order valence-electron chi connectivity index (χ3n) is 2.04. The summed E-state index contributed by atoms with van der Waals surface area (Å²) in [7, 11) is 5.43. The molecule has 2 aromatic rings. The SMILES string of the molecule is Pc1[nH]cc(-c2ccccc2)c1P. The van der Waals surface area contributed by atoms with Gasteiger partial charge >= 0.3 is 0 Å². The number of benzene rings is 1. The third kappa shape index (κ3) is 1.68. The van der Waals surface area contributed by atoms with Crippen molar-refractivity contribution in [2.45, 2.75) is 0 Å². The van der Waals surface area contributed by atoms with Gasteiger partial charge in [0.05, 0.1) is 0 Å². The zero-order valence-corrected chi connectivity index (χ0v) is 9.43. The van der Waals surface area contributed by atoms with Gasteiger partial charge in [-0.2, -0.15) is 0 Å². The van der Waals surface area contributed by atoms with Gasteiger partial charge in [0.2, 0.25) is 0 Å². The summed E-state index contributed by atoms with van der Waals surface area (Å²) in [5.74, 6) is 0. The number of H-pyrrole nitrogens is 1. The molecule has 0 bridgehead atoms. The molecule has 1 aromatic carbocycles. The first-order valence-electron chi connectivity index (χ1n) is 4.07. The molecule has 0 aliphatic heterocycles. The fourth-order valence-electron chi connectivity index (χ4n) is 1.31. The lowest BCUT2D eigenvalue weighted by atomic mass is 10.1. The molecule has 0 spiro atoms. The molecule has 1 aromatic heterocycles. The number of nitrogens with one attached hydrogen (secondary N) is 1. The molecule has 1 heterocycles. The molecule has 0 aliphatic rings. The number of aromatic nitrogens is 1. The Labute approximate surface area is 82.4 Å². The second kappa shape index (κ2) is 3.62. The van der Waals surface area contributed by atoms with Gasteiger partial charge in [-0.15, -0.1) is 9.24 Å². The lowest BCUT2D eigenvalue weighted by Gasteiger charge is -1.98. The van der Waals surface area contributed by atoms with Crippen molar-refractivity contribution in [1.82, 2.24) is 4.98 Å². The van der Waals surface area contributed by atoms with E-state index in [2.05, 4.69) is 47.7 Å². The van der Waals surface area contributed by atoms with E-state index >= 15 is 0 Å². The Hall–Kier alpha value is -0.640. The van der Waals surface area contributed by atoms with E-state index in [0.29, 0.717) is 0 Å². The molecule has 0 amide bonds. The van der Waals surface area contributed by atoms with E-state index in [9.17, 15) is 0 Å². The fourth-order valence-corrected chi connectivity index (χ4v) is 1.88. The van der Waals surface area contributed by atoms with Crippen LogP contribution in [0.3, 0.4) is 0 Å². The lowest BCUT2D eigenvalue weighted by molar-refractivity contribution is 1.47. The molecule has 2 atom stereocenters. The minimum absolute atomic E-state index is 1.13. The highest BCUT2D eigenvalue weighted by atomic mass is 31.0. The molecule has 66 valence electrons. The van der Waals surface area contributed by atoms with E-state index in [1.807, 2.05) is 12.3 Å². The molecule has 2 rings (SSSR count). The van der Waals surface area contributed by atoms with E-state index in [-0.39, 0.29) is 0 Å². The summed E-state index contributed by atoms with van der Waals surface area (Å²) in [6.45, 7) is 0. The summed E-state index contributed by atoms with van der Waals surface area (Å²) in [4.78, 5) is 3.18. The van der Waals surface area contributed by atoms with Crippen LogP contribution < -0.4 is 10.7 Å². The van der Waals surface area contributed by atoms with E-state index in [0.717, 1.165) is 5.44 Å². The highest BCUT2D eigenvalue weighted by Crippen LogP contribution is 2.17. The van der Waals surface area contributed by atoms with Gasteiger partial charge in [0.15, 0.2) is 0 Å². The van der Waals surface area contributed by atoms with Crippen molar-refractivity contribution < 1.29 is 0 Å². The smallest absolute Gasteiger partial charge is 0.0399 e. The number of hydrogen-bond donors (Lipinski definition) is 1. The van der Waals surface area contributed by atoms with Gasteiger partial charge in [0, 0.05) is 22.5 Å². The summed E-state index contributed by atoms with van der Waals surface area (Å²) >= 11 is 0. The molecular weight excluding hydrogens is 196 g/mol. The largest absolute Gasteiger partial charge is 0.361 e. The molecule has 0 aliphatic carbocycles. The van der Waals surface area contributed by atoms with Gasteiger partial charge in [0.1, 0.15) is 0 Å². The minimum Gasteiger partial charge on any atom is -0.361 e. The molecule has 0 radical (unpaired) electrons. The monoisotopic (exact) mass is 207 g/mol. The Kier molecular flexibility index (Phi) is 2.49. The standard InChI is InChI=1S/C10H11NP2/c12-9-8(6-11-10(9)13)7-4-2-1-3-5-7/h1-6,11H,12-13H2.